The molecule has 1 aromatic carbocycles. The van der Waals surface area contributed by atoms with Gasteiger partial charge in [-0.05, 0) is 18.4 Å². The van der Waals surface area contributed by atoms with Gasteiger partial charge in [0, 0.05) is 13.7 Å². The number of amides is 1. The summed E-state index contributed by atoms with van der Waals surface area (Å²) in [5, 5.41) is 0. The molecule has 1 fully saturated rings. The van der Waals surface area contributed by atoms with Crippen LogP contribution in [0.5, 0.6) is 0 Å². The minimum Gasteiger partial charge on any atom is -0.444 e. The summed E-state index contributed by atoms with van der Waals surface area (Å²) in [6.07, 6.45) is -1.47. The largest absolute Gasteiger partial charge is 0.444 e. The van der Waals surface area contributed by atoms with Crippen molar-refractivity contribution in [2.24, 2.45) is 0 Å². The first-order valence-electron chi connectivity index (χ1n) is 6.36. The van der Waals surface area contributed by atoms with Gasteiger partial charge in [-0.1, -0.05) is 30.3 Å². The molecular weight excluding hydrogens is 249 g/mol. The maximum absolute atomic E-state index is 13.6. The van der Waals surface area contributed by atoms with Crippen LogP contribution in [0.2, 0.25) is 0 Å². The second-order valence-corrected chi connectivity index (χ2v) is 4.52. The predicted molar refractivity (Wildman–Crippen MR) is 68.3 cm³/mol. The van der Waals surface area contributed by atoms with Crippen LogP contribution in [0, 0.1) is 0 Å². The van der Waals surface area contributed by atoms with Gasteiger partial charge >= 0.3 is 6.09 Å². The second-order valence-electron chi connectivity index (χ2n) is 4.52. The molecule has 1 heterocycles. The van der Waals surface area contributed by atoms with E-state index >= 15 is 0 Å². The van der Waals surface area contributed by atoms with Gasteiger partial charge in [0.05, 0.1) is 0 Å². The van der Waals surface area contributed by atoms with Crippen LogP contribution in [0.1, 0.15) is 18.4 Å². The highest BCUT2D eigenvalue weighted by Crippen LogP contribution is 2.22. The van der Waals surface area contributed by atoms with Gasteiger partial charge in [0.2, 0.25) is 0 Å². The van der Waals surface area contributed by atoms with Gasteiger partial charge in [0.25, 0.3) is 0 Å². The van der Waals surface area contributed by atoms with Gasteiger partial charge in [-0.25, -0.2) is 9.18 Å². The van der Waals surface area contributed by atoms with Gasteiger partial charge in [-0.3, -0.25) is 4.90 Å². The van der Waals surface area contributed by atoms with Gasteiger partial charge in [0.15, 0.2) is 6.23 Å². The van der Waals surface area contributed by atoms with Crippen molar-refractivity contribution >= 4 is 6.09 Å². The molecule has 2 unspecified atom stereocenters. The Morgan fingerprint density at radius 1 is 1.42 bits per heavy atom. The maximum Gasteiger partial charge on any atom is 0.412 e. The van der Waals surface area contributed by atoms with E-state index in [4.69, 9.17) is 9.47 Å². The van der Waals surface area contributed by atoms with Crippen molar-refractivity contribution in [2.45, 2.75) is 31.8 Å². The third kappa shape index (κ3) is 3.44. The molecule has 4 nitrogen and oxygen atoms in total. The molecule has 104 valence electrons. The highest BCUT2D eigenvalue weighted by atomic mass is 19.1. The van der Waals surface area contributed by atoms with E-state index in [1.807, 2.05) is 30.3 Å². The highest BCUT2D eigenvalue weighted by molar-refractivity contribution is 5.68. The Morgan fingerprint density at radius 2 is 2.16 bits per heavy atom. The number of halogens is 1. The van der Waals surface area contributed by atoms with E-state index in [1.165, 1.54) is 12.0 Å². The summed E-state index contributed by atoms with van der Waals surface area (Å²) in [6.45, 7) is 0.649. The number of piperidine rings is 1. The van der Waals surface area contributed by atoms with E-state index < -0.39 is 18.5 Å². The molecule has 0 N–H and O–H groups in total. The topological polar surface area (TPSA) is 38.8 Å². The molecule has 5 heteroatoms. The number of nitrogens with zero attached hydrogens (tertiary/aromatic N) is 1. The molecule has 2 rings (SSSR count). The number of ether oxygens (including phenoxy) is 2. The molecule has 1 aliphatic heterocycles. The van der Waals surface area contributed by atoms with Crippen molar-refractivity contribution in [3.8, 4) is 0 Å². The molecule has 19 heavy (non-hydrogen) atoms. The average molecular weight is 267 g/mol. The van der Waals surface area contributed by atoms with E-state index in [0.29, 0.717) is 19.4 Å². The number of alkyl halides is 1. The Morgan fingerprint density at radius 3 is 2.84 bits per heavy atom. The van der Waals surface area contributed by atoms with Crippen molar-refractivity contribution in [2.75, 3.05) is 13.7 Å². The lowest BCUT2D eigenvalue weighted by Gasteiger charge is -2.35. The number of carbonyl (C=O) groups excluding carboxylic acids is 1. The van der Waals surface area contributed by atoms with Crippen LogP contribution in [-0.4, -0.2) is 37.0 Å². The van der Waals surface area contributed by atoms with Crippen LogP contribution in [0.25, 0.3) is 0 Å². The highest BCUT2D eigenvalue weighted by Gasteiger charge is 2.35. The minimum atomic E-state index is -1.15. The number of benzene rings is 1. The van der Waals surface area contributed by atoms with Crippen LogP contribution in [-0.2, 0) is 16.1 Å². The van der Waals surface area contributed by atoms with E-state index in [2.05, 4.69) is 0 Å². The lowest BCUT2D eigenvalue weighted by atomic mass is 10.1. The van der Waals surface area contributed by atoms with Crippen molar-refractivity contribution in [1.82, 2.24) is 4.90 Å². The van der Waals surface area contributed by atoms with E-state index in [9.17, 15) is 9.18 Å². The SMILES string of the molecule is COC1C(F)CCCN1C(=O)OCc1ccccc1. The summed E-state index contributed by atoms with van der Waals surface area (Å²) in [7, 11) is 1.40. The minimum absolute atomic E-state index is 0.184. The summed E-state index contributed by atoms with van der Waals surface area (Å²) in [6, 6.07) is 9.38. The third-order valence-electron chi connectivity index (χ3n) is 3.18. The molecule has 1 amide bonds. The van der Waals surface area contributed by atoms with Crippen molar-refractivity contribution in [3.05, 3.63) is 35.9 Å². The molecule has 0 radical (unpaired) electrons. The van der Waals surface area contributed by atoms with Gasteiger partial charge < -0.3 is 9.47 Å². The fraction of sp³-hybridized carbons (Fsp3) is 0.500. The fourth-order valence-electron chi connectivity index (χ4n) is 2.19. The Balaban J connectivity index is 1.91. The first-order chi connectivity index (χ1) is 9.22. The van der Waals surface area contributed by atoms with Crippen LogP contribution >= 0.6 is 0 Å². The molecule has 0 saturated carbocycles. The van der Waals surface area contributed by atoms with Crippen LogP contribution in [0.15, 0.2) is 30.3 Å². The predicted octanol–water partition coefficient (Wildman–Crippen LogP) is 2.73. The maximum atomic E-state index is 13.6. The fourth-order valence-corrected chi connectivity index (χ4v) is 2.19. The monoisotopic (exact) mass is 267 g/mol. The molecule has 2 atom stereocenters. The Bertz CT molecular complexity index is 412. The van der Waals surface area contributed by atoms with Crippen LogP contribution < -0.4 is 0 Å². The zero-order valence-corrected chi connectivity index (χ0v) is 10.9. The molecule has 0 spiro atoms. The lowest BCUT2D eigenvalue weighted by Crippen LogP contribution is -2.50. The first-order valence-corrected chi connectivity index (χ1v) is 6.36. The van der Waals surface area contributed by atoms with Crippen LogP contribution in [0.4, 0.5) is 9.18 Å². The molecular formula is C14H18FNO3. The molecule has 1 aliphatic rings. The third-order valence-corrected chi connectivity index (χ3v) is 3.18. The molecule has 1 saturated heterocycles. The van der Waals surface area contributed by atoms with E-state index in [1.54, 1.807) is 0 Å². The Hall–Kier alpha value is -1.62. The lowest BCUT2D eigenvalue weighted by molar-refractivity contribution is -0.0924. The number of rotatable bonds is 3. The molecule has 0 aliphatic carbocycles. The average Bonchev–Trinajstić information content (AvgIpc) is 2.45. The standard InChI is InChI=1S/C14H18FNO3/c1-18-13-12(15)8-5-9-16(13)14(17)19-10-11-6-3-2-4-7-11/h2-4,6-7,12-13H,5,8-10H2,1H3. The Kier molecular flexibility index (Phi) is 4.74. The van der Waals surface area contributed by atoms with Crippen molar-refractivity contribution in [3.63, 3.8) is 0 Å². The summed E-state index contributed by atoms with van der Waals surface area (Å²) in [5.74, 6) is 0. The quantitative estimate of drug-likeness (QED) is 0.845. The van der Waals surface area contributed by atoms with Crippen molar-refractivity contribution < 1.29 is 18.7 Å². The summed E-state index contributed by atoms with van der Waals surface area (Å²) in [5.41, 5.74) is 0.902. The van der Waals surface area contributed by atoms with Gasteiger partial charge in [-0.2, -0.15) is 0 Å². The summed E-state index contributed by atoms with van der Waals surface area (Å²) in [4.78, 5) is 13.3. The number of likely N-dealkylation sites (tertiary alicyclic amines) is 1. The zero-order chi connectivity index (χ0) is 13.7. The van der Waals surface area contributed by atoms with Crippen LogP contribution in [0.3, 0.4) is 0 Å². The molecule has 0 bridgehead atoms. The summed E-state index contributed by atoms with van der Waals surface area (Å²) < 4.78 is 23.9. The number of hydrogen-bond donors (Lipinski definition) is 0. The van der Waals surface area contributed by atoms with E-state index in [-0.39, 0.29) is 6.61 Å². The normalized spacial score (nSPS) is 23.2. The summed E-state index contributed by atoms with van der Waals surface area (Å²) >= 11 is 0. The van der Waals surface area contributed by atoms with Gasteiger partial charge in [0.1, 0.15) is 12.8 Å². The van der Waals surface area contributed by atoms with E-state index in [0.717, 1.165) is 5.56 Å². The second kappa shape index (κ2) is 6.52. The number of carbonyl (C=O) groups is 1. The first kappa shape index (κ1) is 13.8. The van der Waals surface area contributed by atoms with Crippen molar-refractivity contribution in [1.29, 1.82) is 0 Å². The molecule has 1 aromatic rings. The zero-order valence-electron chi connectivity index (χ0n) is 10.9. The smallest absolute Gasteiger partial charge is 0.412 e. The Labute approximate surface area is 112 Å². The van der Waals surface area contributed by atoms with Gasteiger partial charge in [-0.15, -0.1) is 0 Å². The number of hydrogen-bond acceptors (Lipinski definition) is 3. The molecule has 0 aromatic heterocycles. The number of methoxy groups -OCH3 is 1.